The lowest BCUT2D eigenvalue weighted by molar-refractivity contribution is 0.0645. The van der Waals surface area contributed by atoms with E-state index in [4.69, 9.17) is 0 Å². The largest absolute Gasteiger partial charge is 0.332 e. The van der Waals surface area contributed by atoms with Crippen molar-refractivity contribution in [3.05, 3.63) is 52.7 Å². The van der Waals surface area contributed by atoms with Crippen LogP contribution in [-0.2, 0) is 12.8 Å². The lowest BCUT2D eigenvalue weighted by Gasteiger charge is -2.34. The third-order valence-electron chi connectivity index (χ3n) is 5.27. The number of rotatable bonds is 3. The van der Waals surface area contributed by atoms with Crippen LogP contribution in [-0.4, -0.2) is 33.1 Å². The Bertz CT molecular complexity index is 908. The van der Waals surface area contributed by atoms with Crippen molar-refractivity contribution in [1.82, 2.24) is 15.1 Å². The van der Waals surface area contributed by atoms with E-state index in [1.165, 1.54) is 16.0 Å². The van der Waals surface area contributed by atoms with Gasteiger partial charge >= 0.3 is 0 Å². The minimum atomic E-state index is 0.215. The number of aryl methyl sites for hydroxylation is 1. The summed E-state index contributed by atoms with van der Waals surface area (Å²) in [5.74, 6) is 0.215. The Morgan fingerprint density at radius 2 is 2.08 bits per heavy atom. The number of carbonyl (C=O) groups excluding carboxylic acids is 1. The highest BCUT2D eigenvalue weighted by atomic mass is 32.1. The van der Waals surface area contributed by atoms with E-state index in [0.29, 0.717) is 12.1 Å². The van der Waals surface area contributed by atoms with Crippen LogP contribution in [0.1, 0.15) is 40.9 Å². The number of carbonyl (C=O) groups is 1. The molecule has 5 heteroatoms. The van der Waals surface area contributed by atoms with Crippen LogP contribution in [0.2, 0.25) is 0 Å². The number of hydrogen-bond acceptors (Lipinski definition) is 3. The van der Waals surface area contributed by atoms with E-state index in [9.17, 15) is 4.79 Å². The molecule has 24 heavy (non-hydrogen) atoms. The van der Waals surface area contributed by atoms with Crippen LogP contribution in [0.15, 0.2) is 35.8 Å². The van der Waals surface area contributed by atoms with Gasteiger partial charge in [-0.25, -0.2) is 0 Å². The number of benzene rings is 1. The number of H-pyrrole nitrogens is 1. The smallest absolute Gasteiger partial charge is 0.255 e. The molecule has 1 saturated carbocycles. The van der Waals surface area contributed by atoms with Crippen molar-refractivity contribution in [3.63, 3.8) is 0 Å². The predicted octanol–water partition coefficient (Wildman–Crippen LogP) is 3.79. The van der Waals surface area contributed by atoms with Crippen molar-refractivity contribution in [3.8, 4) is 0 Å². The first-order valence-electron chi connectivity index (χ1n) is 8.61. The topological polar surface area (TPSA) is 49.0 Å². The van der Waals surface area contributed by atoms with E-state index in [1.807, 2.05) is 23.7 Å². The Labute approximate surface area is 144 Å². The minimum absolute atomic E-state index is 0.215. The second-order valence-corrected chi connectivity index (χ2v) is 7.77. The Morgan fingerprint density at radius 3 is 2.96 bits per heavy atom. The van der Waals surface area contributed by atoms with Crippen molar-refractivity contribution in [1.29, 1.82) is 0 Å². The third-order valence-corrected chi connectivity index (χ3v) is 6.23. The normalized spacial score (nSPS) is 20.1. The Balaban J connectivity index is 1.49. The van der Waals surface area contributed by atoms with Crippen molar-refractivity contribution in [2.75, 3.05) is 0 Å². The zero-order chi connectivity index (χ0) is 16.1. The fourth-order valence-electron chi connectivity index (χ4n) is 3.90. The van der Waals surface area contributed by atoms with Gasteiger partial charge < -0.3 is 4.90 Å². The van der Waals surface area contributed by atoms with Crippen LogP contribution in [0.3, 0.4) is 0 Å². The molecule has 1 atom stereocenters. The summed E-state index contributed by atoms with van der Waals surface area (Å²) in [6.07, 6.45) is 7.15. The van der Waals surface area contributed by atoms with Gasteiger partial charge in [-0.2, -0.15) is 5.10 Å². The van der Waals surface area contributed by atoms with Gasteiger partial charge in [0.25, 0.3) is 5.91 Å². The molecular weight excluding hydrogens is 318 g/mol. The summed E-state index contributed by atoms with van der Waals surface area (Å²) >= 11 is 1.67. The number of hydrogen-bond donors (Lipinski definition) is 1. The summed E-state index contributed by atoms with van der Waals surface area (Å²) in [5, 5.41) is 10.4. The highest BCUT2D eigenvalue weighted by Gasteiger charge is 2.39. The Morgan fingerprint density at radius 1 is 1.21 bits per heavy atom. The summed E-state index contributed by atoms with van der Waals surface area (Å²) in [4.78, 5) is 15.5. The number of fused-ring (bicyclic) bond motifs is 2. The van der Waals surface area contributed by atoms with Gasteiger partial charge in [0, 0.05) is 33.2 Å². The summed E-state index contributed by atoms with van der Waals surface area (Å²) in [6, 6.07) is 8.94. The number of amides is 1. The molecule has 122 valence electrons. The number of thiophene rings is 1. The van der Waals surface area contributed by atoms with Crippen molar-refractivity contribution in [2.45, 2.75) is 44.2 Å². The van der Waals surface area contributed by atoms with Crippen LogP contribution in [0.25, 0.3) is 10.1 Å². The van der Waals surface area contributed by atoms with Gasteiger partial charge in [0.2, 0.25) is 0 Å². The molecule has 4 nitrogen and oxygen atoms in total. The molecule has 0 aliphatic heterocycles. The van der Waals surface area contributed by atoms with E-state index in [2.05, 4.69) is 27.2 Å². The van der Waals surface area contributed by atoms with Gasteiger partial charge in [-0.15, -0.1) is 11.3 Å². The van der Waals surface area contributed by atoms with Crippen LogP contribution < -0.4 is 0 Å². The van der Waals surface area contributed by atoms with Crippen LogP contribution in [0.4, 0.5) is 0 Å². The lowest BCUT2D eigenvalue weighted by atomic mass is 9.91. The Kier molecular flexibility index (Phi) is 3.23. The summed E-state index contributed by atoms with van der Waals surface area (Å²) < 4.78 is 1.19. The zero-order valence-corrected chi connectivity index (χ0v) is 14.2. The van der Waals surface area contributed by atoms with E-state index in [1.54, 1.807) is 11.3 Å². The molecule has 2 aliphatic rings. The molecule has 2 aromatic heterocycles. The fourth-order valence-corrected chi connectivity index (χ4v) is 4.83. The van der Waals surface area contributed by atoms with Gasteiger partial charge in [0.1, 0.15) is 0 Å². The summed E-state index contributed by atoms with van der Waals surface area (Å²) in [5.41, 5.74) is 3.40. The molecule has 1 fully saturated rings. The molecule has 1 N–H and O–H groups in total. The molecule has 3 aromatic rings. The maximum Gasteiger partial charge on any atom is 0.255 e. The summed E-state index contributed by atoms with van der Waals surface area (Å²) in [6.45, 7) is 0. The maximum atomic E-state index is 13.4. The van der Waals surface area contributed by atoms with Crippen molar-refractivity contribution in [2.24, 2.45) is 0 Å². The number of nitrogens with one attached hydrogen (secondary N) is 1. The quantitative estimate of drug-likeness (QED) is 0.790. The molecule has 1 aromatic carbocycles. The van der Waals surface area contributed by atoms with Crippen molar-refractivity contribution < 1.29 is 4.79 Å². The molecule has 0 radical (unpaired) electrons. The first-order chi connectivity index (χ1) is 11.8. The molecule has 1 amide bonds. The SMILES string of the molecule is O=C(c1csc2ccccc12)N(C1CC1)C1CCc2[nH]ncc2C1. The number of aromatic nitrogens is 2. The van der Waals surface area contributed by atoms with Gasteiger partial charge in [0.05, 0.1) is 11.8 Å². The second kappa shape index (κ2) is 5.45. The van der Waals surface area contributed by atoms with E-state index < -0.39 is 0 Å². The highest BCUT2D eigenvalue weighted by Crippen LogP contribution is 2.36. The van der Waals surface area contributed by atoms with Gasteiger partial charge in [-0.05, 0) is 43.7 Å². The first kappa shape index (κ1) is 14.2. The zero-order valence-electron chi connectivity index (χ0n) is 13.4. The second-order valence-electron chi connectivity index (χ2n) is 6.86. The molecule has 2 heterocycles. The van der Waals surface area contributed by atoms with E-state index in [-0.39, 0.29) is 5.91 Å². The standard InChI is InChI=1S/C19H19N3OS/c23-19(16-11-24-18-4-2-1-3-15(16)18)22(13-5-6-13)14-7-8-17-12(9-14)10-20-21-17/h1-4,10-11,13-14H,5-9H2,(H,20,21). The number of nitrogens with zero attached hydrogens (tertiary/aromatic N) is 2. The number of aromatic amines is 1. The minimum Gasteiger partial charge on any atom is -0.332 e. The average Bonchev–Trinajstić information content (AvgIpc) is 3.17. The maximum absolute atomic E-state index is 13.4. The van der Waals surface area contributed by atoms with Crippen LogP contribution >= 0.6 is 11.3 Å². The first-order valence-corrected chi connectivity index (χ1v) is 9.49. The molecule has 0 bridgehead atoms. The average molecular weight is 337 g/mol. The fraction of sp³-hybridized carbons (Fsp3) is 0.368. The van der Waals surface area contributed by atoms with Crippen LogP contribution in [0.5, 0.6) is 0 Å². The monoisotopic (exact) mass is 337 g/mol. The Hall–Kier alpha value is -2.14. The van der Waals surface area contributed by atoms with Gasteiger partial charge in [0.15, 0.2) is 0 Å². The van der Waals surface area contributed by atoms with Gasteiger partial charge in [-0.3, -0.25) is 9.89 Å². The molecular formula is C19H19N3OS. The highest BCUT2D eigenvalue weighted by molar-refractivity contribution is 7.17. The van der Waals surface area contributed by atoms with E-state index in [0.717, 1.165) is 43.1 Å². The summed E-state index contributed by atoms with van der Waals surface area (Å²) in [7, 11) is 0. The lowest BCUT2D eigenvalue weighted by Crippen LogP contribution is -2.44. The predicted molar refractivity (Wildman–Crippen MR) is 95.4 cm³/mol. The molecule has 1 unspecified atom stereocenters. The van der Waals surface area contributed by atoms with Gasteiger partial charge in [-0.1, -0.05) is 18.2 Å². The molecule has 2 aliphatic carbocycles. The van der Waals surface area contributed by atoms with Crippen LogP contribution in [0, 0.1) is 0 Å². The molecule has 0 saturated heterocycles. The van der Waals surface area contributed by atoms with Crippen molar-refractivity contribution >= 4 is 27.3 Å². The molecule has 5 rings (SSSR count). The van der Waals surface area contributed by atoms with E-state index >= 15 is 0 Å². The molecule has 0 spiro atoms. The third kappa shape index (κ3) is 2.26.